The first-order valence-corrected chi connectivity index (χ1v) is 2.66. The van der Waals surface area contributed by atoms with Crippen LogP contribution in [0, 0.1) is 5.92 Å². The van der Waals surface area contributed by atoms with Gasteiger partial charge in [-0.1, -0.05) is 6.58 Å². The quantitative estimate of drug-likeness (QED) is 0.450. The fourth-order valence-electron chi connectivity index (χ4n) is 0.898. The fourth-order valence-corrected chi connectivity index (χ4v) is 0.898. The van der Waals surface area contributed by atoms with Gasteiger partial charge in [0.25, 0.3) is 0 Å². The molecule has 0 bridgehead atoms. The second-order valence-electron chi connectivity index (χ2n) is 2.17. The lowest BCUT2D eigenvalue weighted by Gasteiger charge is -1.92. The van der Waals surface area contributed by atoms with Crippen molar-refractivity contribution in [1.29, 1.82) is 0 Å². The van der Waals surface area contributed by atoms with Gasteiger partial charge >= 0.3 is 0 Å². The minimum Gasteiger partial charge on any atom is -0.159 e. The number of rotatable bonds is 0. The molecule has 0 amide bonds. The summed E-state index contributed by atoms with van der Waals surface area (Å²) in [6.07, 6.45) is 2.98. The van der Waals surface area contributed by atoms with E-state index >= 15 is 0 Å². The third kappa shape index (κ3) is 0.372. The molecular formula is C6H6N2. The van der Waals surface area contributed by atoms with Gasteiger partial charge in [-0.25, -0.2) is 0 Å². The van der Waals surface area contributed by atoms with E-state index in [1.54, 1.807) is 0 Å². The van der Waals surface area contributed by atoms with Crippen LogP contribution in [-0.4, -0.2) is 0 Å². The number of azo groups is 1. The average Bonchev–Trinajstić information content (AvgIpc) is 2.45. The van der Waals surface area contributed by atoms with Crippen LogP contribution in [0.3, 0.4) is 0 Å². The zero-order valence-corrected chi connectivity index (χ0v) is 4.46. The van der Waals surface area contributed by atoms with Crippen molar-refractivity contribution in [2.45, 2.75) is 6.42 Å². The first kappa shape index (κ1) is 4.01. The molecule has 2 rings (SSSR count). The monoisotopic (exact) mass is 106 g/mol. The molecule has 1 fully saturated rings. The van der Waals surface area contributed by atoms with Gasteiger partial charge < -0.3 is 0 Å². The fraction of sp³-hybridized carbons (Fsp3) is 0.333. The topological polar surface area (TPSA) is 24.7 Å². The van der Waals surface area contributed by atoms with Crippen LogP contribution in [0.2, 0.25) is 0 Å². The van der Waals surface area contributed by atoms with Crippen molar-refractivity contribution in [1.82, 2.24) is 0 Å². The Balaban J connectivity index is 2.40. The number of nitrogens with zero attached hydrogens (tertiary/aromatic N) is 2. The van der Waals surface area contributed by atoms with E-state index in [2.05, 4.69) is 16.8 Å². The molecule has 0 spiro atoms. The van der Waals surface area contributed by atoms with Crippen molar-refractivity contribution < 1.29 is 0 Å². The van der Waals surface area contributed by atoms with Gasteiger partial charge in [-0.15, -0.1) is 0 Å². The van der Waals surface area contributed by atoms with Gasteiger partial charge in [-0.05, 0) is 12.0 Å². The summed E-state index contributed by atoms with van der Waals surface area (Å²) < 4.78 is 0. The third-order valence-electron chi connectivity index (χ3n) is 1.54. The molecule has 1 aliphatic heterocycles. The summed E-state index contributed by atoms with van der Waals surface area (Å²) in [6.45, 7) is 3.74. The second-order valence-corrected chi connectivity index (χ2v) is 2.17. The van der Waals surface area contributed by atoms with E-state index in [0.717, 1.165) is 12.1 Å². The number of hydrogen-bond donors (Lipinski definition) is 0. The van der Waals surface area contributed by atoms with E-state index in [-0.39, 0.29) is 0 Å². The maximum absolute atomic E-state index is 3.81. The minimum absolute atomic E-state index is 0.576. The van der Waals surface area contributed by atoms with E-state index in [4.69, 9.17) is 0 Å². The third-order valence-corrected chi connectivity index (χ3v) is 1.54. The highest BCUT2D eigenvalue weighted by atomic mass is 15.1. The van der Waals surface area contributed by atoms with Crippen LogP contribution in [0.25, 0.3) is 0 Å². The normalized spacial score (nSPS) is 31.8. The molecule has 0 aromatic heterocycles. The van der Waals surface area contributed by atoms with Gasteiger partial charge in [0, 0.05) is 12.1 Å². The van der Waals surface area contributed by atoms with E-state index in [1.165, 1.54) is 5.57 Å². The average molecular weight is 106 g/mol. The van der Waals surface area contributed by atoms with Crippen LogP contribution < -0.4 is 0 Å². The Bertz CT molecular complexity index is 199. The number of fused-ring (bicyclic) bond motifs is 1. The summed E-state index contributed by atoms with van der Waals surface area (Å²) in [6, 6.07) is 0. The first-order chi connectivity index (χ1) is 3.88. The van der Waals surface area contributed by atoms with Gasteiger partial charge in [0.2, 0.25) is 0 Å². The van der Waals surface area contributed by atoms with E-state index < -0.39 is 0 Å². The Hall–Kier alpha value is -0.920. The van der Waals surface area contributed by atoms with Crippen LogP contribution in [0.5, 0.6) is 0 Å². The predicted octanol–water partition coefficient (Wildman–Crippen LogP) is 1.87. The molecule has 8 heavy (non-hydrogen) atoms. The lowest BCUT2D eigenvalue weighted by Crippen LogP contribution is -1.78. The Morgan fingerprint density at radius 1 is 1.75 bits per heavy atom. The van der Waals surface area contributed by atoms with Crippen molar-refractivity contribution in [2.24, 2.45) is 16.1 Å². The molecule has 0 aromatic carbocycles. The first-order valence-electron chi connectivity index (χ1n) is 2.66. The van der Waals surface area contributed by atoms with Crippen LogP contribution in [0.1, 0.15) is 6.42 Å². The molecule has 1 heterocycles. The van der Waals surface area contributed by atoms with Gasteiger partial charge in [0.05, 0.1) is 5.70 Å². The van der Waals surface area contributed by atoms with Crippen molar-refractivity contribution >= 4 is 0 Å². The summed E-state index contributed by atoms with van der Waals surface area (Å²) in [5.74, 6) is 0.576. The van der Waals surface area contributed by atoms with E-state index in [1.807, 2.05) is 6.20 Å². The highest BCUT2D eigenvalue weighted by Crippen LogP contribution is 2.45. The molecule has 40 valence electrons. The van der Waals surface area contributed by atoms with Crippen molar-refractivity contribution in [3.05, 3.63) is 24.0 Å². The lowest BCUT2D eigenvalue weighted by atomic mass is 10.3. The lowest BCUT2D eigenvalue weighted by molar-refractivity contribution is 0.941. The van der Waals surface area contributed by atoms with Crippen LogP contribution >= 0.6 is 0 Å². The van der Waals surface area contributed by atoms with Crippen LogP contribution in [0.15, 0.2) is 34.3 Å². The Kier molecular flexibility index (Phi) is 0.539. The van der Waals surface area contributed by atoms with Crippen LogP contribution in [-0.2, 0) is 0 Å². The van der Waals surface area contributed by atoms with Gasteiger partial charge in [-0.2, -0.15) is 10.2 Å². The van der Waals surface area contributed by atoms with Gasteiger partial charge in [-0.3, -0.25) is 0 Å². The smallest absolute Gasteiger partial charge is 0.0634 e. The zero-order chi connectivity index (χ0) is 5.56. The number of allylic oxidation sites excluding steroid dienone is 1. The minimum atomic E-state index is 0.576. The second kappa shape index (κ2) is 1.08. The standard InChI is InChI=1S/C6H6N2/c1-4-6-2-5(6)3-7-8-4/h3,6H,1-2H2. The van der Waals surface area contributed by atoms with Gasteiger partial charge in [0.1, 0.15) is 0 Å². The molecule has 0 saturated heterocycles. The Labute approximate surface area is 47.6 Å². The van der Waals surface area contributed by atoms with E-state index in [9.17, 15) is 0 Å². The predicted molar refractivity (Wildman–Crippen MR) is 30.2 cm³/mol. The molecular weight excluding hydrogens is 100 g/mol. The Morgan fingerprint density at radius 3 is 3.25 bits per heavy atom. The largest absolute Gasteiger partial charge is 0.159 e. The molecule has 0 aromatic rings. The molecule has 0 N–H and O–H groups in total. The highest BCUT2D eigenvalue weighted by Gasteiger charge is 2.34. The van der Waals surface area contributed by atoms with E-state index in [0.29, 0.717) is 5.92 Å². The maximum atomic E-state index is 3.81. The molecule has 1 aliphatic carbocycles. The van der Waals surface area contributed by atoms with Crippen molar-refractivity contribution in [3.8, 4) is 0 Å². The molecule has 1 saturated carbocycles. The van der Waals surface area contributed by atoms with Crippen LogP contribution in [0.4, 0.5) is 0 Å². The molecule has 2 nitrogen and oxygen atoms in total. The summed E-state index contributed by atoms with van der Waals surface area (Å²) >= 11 is 0. The van der Waals surface area contributed by atoms with Gasteiger partial charge in [0.15, 0.2) is 0 Å². The number of hydrogen-bond acceptors (Lipinski definition) is 2. The summed E-state index contributed by atoms with van der Waals surface area (Å²) in [7, 11) is 0. The molecule has 0 radical (unpaired) electrons. The Morgan fingerprint density at radius 2 is 2.62 bits per heavy atom. The molecule has 1 atom stereocenters. The summed E-state index contributed by atoms with van der Waals surface area (Å²) in [5.41, 5.74) is 2.33. The zero-order valence-electron chi connectivity index (χ0n) is 4.46. The van der Waals surface area contributed by atoms with Crippen molar-refractivity contribution in [2.75, 3.05) is 0 Å². The van der Waals surface area contributed by atoms with Crippen molar-refractivity contribution in [3.63, 3.8) is 0 Å². The SMILES string of the molecule is C=C1N=NC=C2CC12. The molecule has 1 unspecified atom stereocenters. The summed E-state index contributed by atoms with van der Waals surface area (Å²) in [5, 5.41) is 7.55. The maximum Gasteiger partial charge on any atom is 0.0634 e. The summed E-state index contributed by atoms with van der Waals surface area (Å²) in [4.78, 5) is 0. The molecule has 2 aliphatic rings. The molecule has 2 heteroatoms. The highest BCUT2D eigenvalue weighted by molar-refractivity contribution is 5.34.